The van der Waals surface area contributed by atoms with Crippen LogP contribution in [-0.4, -0.2) is 30.8 Å². The molecule has 25 heavy (non-hydrogen) atoms. The molecule has 0 aliphatic carbocycles. The molecule has 5 nitrogen and oxygen atoms in total. The lowest BCUT2D eigenvalue weighted by Crippen LogP contribution is -2.45. The number of anilines is 1. The van der Waals surface area contributed by atoms with Gasteiger partial charge in [0.05, 0.1) is 20.7 Å². The molecule has 0 aliphatic rings. The maximum absolute atomic E-state index is 12.5. The summed E-state index contributed by atoms with van der Waals surface area (Å²) in [6, 6.07) is 9.94. The van der Waals surface area contributed by atoms with Gasteiger partial charge in [-0.15, -0.1) is 0 Å². The molecule has 0 saturated carbocycles. The zero-order valence-corrected chi connectivity index (χ0v) is 16.0. The number of sulfone groups is 1. The number of amides is 1. The van der Waals surface area contributed by atoms with Crippen molar-refractivity contribution in [1.29, 1.82) is 0 Å². The minimum absolute atomic E-state index is 0.0630. The number of carbonyl (C=O) groups excluding carboxylic acids is 1. The summed E-state index contributed by atoms with van der Waals surface area (Å²) in [6.07, 6.45) is 0. The molecule has 1 amide bonds. The van der Waals surface area contributed by atoms with Crippen LogP contribution in [-0.2, 0) is 14.6 Å². The summed E-state index contributed by atoms with van der Waals surface area (Å²) < 4.78 is 24.9. The summed E-state index contributed by atoms with van der Waals surface area (Å²) in [4.78, 5) is 12.1. The summed E-state index contributed by atoms with van der Waals surface area (Å²) >= 11 is 17.3. The second kappa shape index (κ2) is 7.51. The van der Waals surface area contributed by atoms with Crippen molar-refractivity contribution in [2.45, 2.75) is 17.4 Å². The van der Waals surface area contributed by atoms with Gasteiger partial charge in [0.15, 0.2) is 15.4 Å². The van der Waals surface area contributed by atoms with Crippen molar-refractivity contribution in [2.24, 2.45) is 0 Å². The van der Waals surface area contributed by atoms with Crippen LogP contribution in [0.3, 0.4) is 0 Å². The number of carbonyl (C=O) groups is 1. The predicted molar refractivity (Wildman–Crippen MR) is 99.2 cm³/mol. The summed E-state index contributed by atoms with van der Waals surface area (Å²) in [7, 11) is -3.98. The Morgan fingerprint density at radius 2 is 1.68 bits per heavy atom. The minimum Gasteiger partial charge on any atom is -0.379 e. The molecule has 0 saturated heterocycles. The monoisotopic (exact) mass is 421 g/mol. The number of halogens is 3. The highest BCUT2D eigenvalue weighted by molar-refractivity contribution is 7.91. The van der Waals surface area contributed by atoms with Crippen molar-refractivity contribution in [3.05, 3.63) is 57.5 Å². The van der Waals surface area contributed by atoms with E-state index in [1.54, 1.807) is 12.1 Å². The quantitative estimate of drug-likeness (QED) is 0.767. The van der Waals surface area contributed by atoms with E-state index in [-0.39, 0.29) is 14.9 Å². The van der Waals surface area contributed by atoms with Gasteiger partial charge in [0.2, 0.25) is 0 Å². The second-order valence-corrected chi connectivity index (χ2v) is 8.81. The summed E-state index contributed by atoms with van der Waals surface area (Å²) in [6.45, 7) is 1.12. The fourth-order valence-corrected chi connectivity index (χ4v) is 4.09. The van der Waals surface area contributed by atoms with Crippen LogP contribution in [0.25, 0.3) is 0 Å². The highest BCUT2D eigenvalue weighted by atomic mass is 35.5. The third-order valence-electron chi connectivity index (χ3n) is 3.31. The first kappa shape index (κ1) is 20.0. The Morgan fingerprint density at radius 3 is 2.24 bits per heavy atom. The van der Waals surface area contributed by atoms with Crippen molar-refractivity contribution in [3.8, 4) is 0 Å². The van der Waals surface area contributed by atoms with E-state index < -0.39 is 27.1 Å². The molecule has 2 N–H and O–H groups in total. The Labute approximate surface area is 160 Å². The van der Waals surface area contributed by atoms with Gasteiger partial charge in [0.1, 0.15) is 0 Å². The molecule has 0 aromatic heterocycles. The SMILES string of the molecule is CC(O)(CS(=O)(=O)c1ccc(Cl)c(Cl)c1)C(=O)Nc1ccc(Cl)cc1. The molecule has 0 bridgehead atoms. The zero-order valence-electron chi connectivity index (χ0n) is 13.0. The number of benzene rings is 2. The molecule has 2 rings (SSSR count). The average Bonchev–Trinajstić information content (AvgIpc) is 2.51. The Bertz CT molecular complexity index is 896. The third-order valence-corrected chi connectivity index (χ3v) is 6.22. The topological polar surface area (TPSA) is 83.5 Å². The highest BCUT2D eigenvalue weighted by Crippen LogP contribution is 2.27. The van der Waals surface area contributed by atoms with Crippen molar-refractivity contribution in [2.75, 3.05) is 11.1 Å². The fourth-order valence-electron chi connectivity index (χ4n) is 1.99. The molecule has 0 fully saturated rings. The van der Waals surface area contributed by atoms with E-state index >= 15 is 0 Å². The van der Waals surface area contributed by atoms with Gasteiger partial charge in [-0.05, 0) is 49.4 Å². The number of aliphatic hydroxyl groups is 1. The molecular weight excluding hydrogens is 409 g/mol. The van der Waals surface area contributed by atoms with Crippen molar-refractivity contribution in [1.82, 2.24) is 0 Å². The van der Waals surface area contributed by atoms with Gasteiger partial charge in [-0.3, -0.25) is 4.79 Å². The summed E-state index contributed by atoms with van der Waals surface area (Å²) in [5.41, 5.74) is -1.79. The second-order valence-electron chi connectivity index (χ2n) is 5.57. The van der Waals surface area contributed by atoms with Crippen LogP contribution in [0, 0.1) is 0 Å². The third kappa shape index (κ3) is 5.09. The van der Waals surface area contributed by atoms with Crippen molar-refractivity contribution >= 4 is 56.2 Å². The molecule has 0 spiro atoms. The molecule has 1 unspecified atom stereocenters. The largest absolute Gasteiger partial charge is 0.379 e. The molecular formula is C16H14Cl3NO4S. The van der Waals surface area contributed by atoms with Gasteiger partial charge >= 0.3 is 0 Å². The lowest BCUT2D eigenvalue weighted by atomic mass is 10.1. The molecule has 0 heterocycles. The Kier molecular flexibility index (Phi) is 6.01. The van der Waals surface area contributed by atoms with Crippen LogP contribution in [0.15, 0.2) is 47.4 Å². The standard InChI is InChI=1S/C16H14Cl3NO4S/c1-16(22,15(21)20-11-4-2-10(17)3-5-11)9-25(23,24)12-6-7-13(18)14(19)8-12/h2-8,22H,9H2,1H3,(H,20,21). The Balaban J connectivity index is 2.19. The molecule has 1 atom stereocenters. The van der Waals surface area contributed by atoms with E-state index in [1.165, 1.54) is 30.3 Å². The van der Waals surface area contributed by atoms with Crippen molar-refractivity contribution < 1.29 is 18.3 Å². The molecule has 9 heteroatoms. The maximum Gasteiger partial charge on any atom is 0.257 e. The number of rotatable bonds is 5. The number of hydrogen-bond acceptors (Lipinski definition) is 4. The van der Waals surface area contributed by atoms with Crippen LogP contribution in [0.4, 0.5) is 5.69 Å². The zero-order chi connectivity index (χ0) is 18.8. The number of hydrogen-bond donors (Lipinski definition) is 2. The van der Waals surface area contributed by atoms with Crippen LogP contribution in [0.2, 0.25) is 15.1 Å². The predicted octanol–water partition coefficient (Wildman–Crippen LogP) is 3.81. The van der Waals surface area contributed by atoms with Gasteiger partial charge in [-0.25, -0.2) is 8.42 Å². The highest BCUT2D eigenvalue weighted by Gasteiger charge is 2.36. The molecule has 2 aromatic carbocycles. The number of nitrogens with one attached hydrogen (secondary N) is 1. The smallest absolute Gasteiger partial charge is 0.257 e. The van der Waals surface area contributed by atoms with E-state index in [1.807, 2.05) is 0 Å². The van der Waals surface area contributed by atoms with Gasteiger partial charge in [0.25, 0.3) is 5.91 Å². The van der Waals surface area contributed by atoms with Crippen LogP contribution in [0.1, 0.15) is 6.92 Å². The molecule has 0 aliphatic heterocycles. The summed E-state index contributed by atoms with van der Waals surface area (Å²) in [5, 5.41) is 13.5. The van der Waals surface area contributed by atoms with E-state index in [0.29, 0.717) is 10.7 Å². The first-order chi connectivity index (χ1) is 11.5. The maximum atomic E-state index is 12.5. The average molecular weight is 423 g/mol. The van der Waals surface area contributed by atoms with Gasteiger partial charge in [-0.1, -0.05) is 34.8 Å². The van der Waals surface area contributed by atoms with E-state index in [9.17, 15) is 18.3 Å². The fraction of sp³-hybridized carbons (Fsp3) is 0.188. The van der Waals surface area contributed by atoms with Crippen LogP contribution < -0.4 is 5.32 Å². The first-order valence-electron chi connectivity index (χ1n) is 6.98. The van der Waals surface area contributed by atoms with Crippen molar-refractivity contribution in [3.63, 3.8) is 0 Å². The molecule has 2 aromatic rings. The van der Waals surface area contributed by atoms with Gasteiger partial charge < -0.3 is 10.4 Å². The van der Waals surface area contributed by atoms with Crippen LogP contribution in [0.5, 0.6) is 0 Å². The Hall–Kier alpha value is -1.31. The lowest BCUT2D eigenvalue weighted by Gasteiger charge is -2.22. The lowest BCUT2D eigenvalue weighted by molar-refractivity contribution is -0.130. The van der Waals surface area contributed by atoms with Crippen LogP contribution >= 0.6 is 34.8 Å². The summed E-state index contributed by atoms with van der Waals surface area (Å²) in [5.74, 6) is -1.68. The van der Waals surface area contributed by atoms with E-state index in [0.717, 1.165) is 6.92 Å². The molecule has 0 radical (unpaired) electrons. The minimum atomic E-state index is -3.98. The normalized spacial score (nSPS) is 14.0. The van der Waals surface area contributed by atoms with E-state index in [2.05, 4.69) is 5.32 Å². The Morgan fingerprint density at radius 1 is 1.08 bits per heavy atom. The first-order valence-corrected chi connectivity index (χ1v) is 9.77. The molecule has 134 valence electrons. The van der Waals surface area contributed by atoms with Gasteiger partial charge in [-0.2, -0.15) is 0 Å². The van der Waals surface area contributed by atoms with E-state index in [4.69, 9.17) is 34.8 Å². The van der Waals surface area contributed by atoms with Gasteiger partial charge in [0, 0.05) is 10.7 Å².